The van der Waals surface area contributed by atoms with E-state index in [0.29, 0.717) is 23.5 Å². The number of rotatable bonds is 7. The number of carboxylic acids is 1. The molecule has 4 N–H and O–H groups in total. The number of nitrogens with zero attached hydrogens (tertiary/aromatic N) is 2. The van der Waals surface area contributed by atoms with E-state index in [4.69, 9.17) is 5.73 Å². The van der Waals surface area contributed by atoms with E-state index in [1.54, 1.807) is 16.7 Å². The number of fused-ring (bicyclic) bond motifs is 1. The maximum absolute atomic E-state index is 12.6. The number of aromatic nitrogens is 2. The van der Waals surface area contributed by atoms with Crippen molar-refractivity contribution < 1.29 is 19.5 Å². The fraction of sp³-hybridized carbons (Fsp3) is 0.375. The van der Waals surface area contributed by atoms with Crippen LogP contribution in [0.3, 0.4) is 0 Å². The Kier molecular flexibility index (Phi) is 5.18. The quantitative estimate of drug-likeness (QED) is 0.686. The Bertz CT molecular complexity index is 797. The van der Waals surface area contributed by atoms with Gasteiger partial charge < -0.3 is 16.2 Å². The Labute approximate surface area is 138 Å². The molecule has 2 heterocycles. The van der Waals surface area contributed by atoms with Crippen LogP contribution in [0.2, 0.25) is 0 Å². The summed E-state index contributed by atoms with van der Waals surface area (Å²) < 4.78 is 1.65. The van der Waals surface area contributed by atoms with E-state index in [-0.39, 0.29) is 12.8 Å². The predicted molar refractivity (Wildman–Crippen MR) is 86.6 cm³/mol. The molecule has 0 saturated carbocycles. The fourth-order valence-corrected chi connectivity index (χ4v) is 2.46. The molecule has 128 valence electrons. The molecule has 0 aromatic carbocycles. The van der Waals surface area contributed by atoms with Gasteiger partial charge in [0.25, 0.3) is 5.91 Å². The molecular formula is C16H20N4O4. The number of hydrogen-bond donors (Lipinski definition) is 3. The minimum absolute atomic E-state index is 0.0619. The van der Waals surface area contributed by atoms with Crippen molar-refractivity contribution in [3.05, 3.63) is 35.3 Å². The summed E-state index contributed by atoms with van der Waals surface area (Å²) in [5.41, 5.74) is 7.49. The monoisotopic (exact) mass is 332 g/mol. The molecule has 1 unspecified atom stereocenters. The lowest BCUT2D eigenvalue weighted by Gasteiger charge is -2.14. The maximum Gasteiger partial charge on any atom is 0.326 e. The average molecular weight is 332 g/mol. The second kappa shape index (κ2) is 7.12. The van der Waals surface area contributed by atoms with Crippen molar-refractivity contribution in [1.82, 2.24) is 14.7 Å². The van der Waals surface area contributed by atoms with Gasteiger partial charge in [-0.15, -0.1) is 0 Å². The van der Waals surface area contributed by atoms with Crippen LogP contribution in [0, 0.1) is 6.92 Å². The molecular weight excluding hydrogens is 312 g/mol. The molecule has 0 fully saturated rings. The first kappa shape index (κ1) is 17.5. The molecule has 2 aromatic rings. The van der Waals surface area contributed by atoms with Crippen molar-refractivity contribution in [3.63, 3.8) is 0 Å². The molecule has 2 aromatic heterocycles. The summed E-state index contributed by atoms with van der Waals surface area (Å²) in [7, 11) is 0. The van der Waals surface area contributed by atoms with Crippen LogP contribution in [0.15, 0.2) is 18.3 Å². The van der Waals surface area contributed by atoms with Gasteiger partial charge in [-0.05, 0) is 31.4 Å². The van der Waals surface area contributed by atoms with E-state index in [1.165, 1.54) is 0 Å². The van der Waals surface area contributed by atoms with Crippen LogP contribution in [-0.4, -0.2) is 38.3 Å². The molecule has 0 saturated heterocycles. The van der Waals surface area contributed by atoms with Gasteiger partial charge in [0.1, 0.15) is 17.4 Å². The number of carbonyl (C=O) groups is 3. The van der Waals surface area contributed by atoms with Gasteiger partial charge >= 0.3 is 5.97 Å². The molecule has 0 aliphatic heterocycles. The van der Waals surface area contributed by atoms with E-state index in [2.05, 4.69) is 10.3 Å². The van der Waals surface area contributed by atoms with Crippen molar-refractivity contribution in [2.24, 2.45) is 5.73 Å². The first-order valence-electron chi connectivity index (χ1n) is 7.63. The molecule has 0 spiro atoms. The number of imidazole rings is 1. The molecule has 1 atom stereocenters. The number of primary amides is 1. The normalized spacial score (nSPS) is 12.1. The summed E-state index contributed by atoms with van der Waals surface area (Å²) in [6, 6.07) is 2.49. The van der Waals surface area contributed by atoms with Crippen LogP contribution in [0.1, 0.15) is 41.5 Å². The number of nitrogens with one attached hydrogen (secondary N) is 1. The topological polar surface area (TPSA) is 127 Å². The molecule has 0 radical (unpaired) electrons. The van der Waals surface area contributed by atoms with Crippen molar-refractivity contribution in [1.29, 1.82) is 0 Å². The summed E-state index contributed by atoms with van der Waals surface area (Å²) in [6.45, 7) is 3.76. The van der Waals surface area contributed by atoms with Crippen LogP contribution in [0.5, 0.6) is 0 Å². The second-order valence-corrected chi connectivity index (χ2v) is 5.56. The summed E-state index contributed by atoms with van der Waals surface area (Å²) in [5.74, 6) is -2.37. The predicted octanol–water partition coefficient (Wildman–Crippen LogP) is 0.654. The second-order valence-electron chi connectivity index (χ2n) is 5.56. The Morgan fingerprint density at radius 1 is 1.38 bits per heavy atom. The van der Waals surface area contributed by atoms with Crippen LogP contribution in [0.25, 0.3) is 5.65 Å². The highest BCUT2D eigenvalue weighted by molar-refractivity contribution is 5.97. The lowest BCUT2D eigenvalue weighted by atomic mass is 10.1. The summed E-state index contributed by atoms with van der Waals surface area (Å²) >= 11 is 0. The van der Waals surface area contributed by atoms with Crippen LogP contribution in [0.4, 0.5) is 0 Å². The summed E-state index contributed by atoms with van der Waals surface area (Å²) in [4.78, 5) is 39.2. The van der Waals surface area contributed by atoms with Gasteiger partial charge in [-0.25, -0.2) is 9.78 Å². The van der Waals surface area contributed by atoms with Gasteiger partial charge in [0.05, 0.1) is 5.69 Å². The van der Waals surface area contributed by atoms with Crippen molar-refractivity contribution >= 4 is 23.4 Å². The zero-order valence-corrected chi connectivity index (χ0v) is 13.6. The van der Waals surface area contributed by atoms with Gasteiger partial charge in [0, 0.05) is 12.6 Å². The zero-order valence-electron chi connectivity index (χ0n) is 13.6. The van der Waals surface area contributed by atoms with E-state index in [9.17, 15) is 19.5 Å². The van der Waals surface area contributed by atoms with Crippen molar-refractivity contribution in [3.8, 4) is 0 Å². The van der Waals surface area contributed by atoms with Gasteiger partial charge in [-0.1, -0.05) is 13.0 Å². The van der Waals surface area contributed by atoms with E-state index < -0.39 is 23.8 Å². The third-order valence-electron chi connectivity index (χ3n) is 3.67. The molecule has 0 aliphatic rings. The number of carboxylic acid groups (broad SMARTS) is 1. The lowest BCUT2D eigenvalue weighted by molar-refractivity contribution is -0.139. The minimum Gasteiger partial charge on any atom is -0.480 e. The highest BCUT2D eigenvalue weighted by atomic mass is 16.4. The number of nitrogens with two attached hydrogens (primary N) is 1. The van der Waals surface area contributed by atoms with Crippen molar-refractivity contribution in [2.45, 2.75) is 39.2 Å². The number of aryl methyl sites for hydroxylation is 2. The Balaban J connectivity index is 2.34. The molecule has 2 amide bonds. The molecule has 8 heteroatoms. The molecule has 8 nitrogen and oxygen atoms in total. The van der Waals surface area contributed by atoms with Crippen molar-refractivity contribution in [2.75, 3.05) is 0 Å². The van der Waals surface area contributed by atoms with Crippen LogP contribution < -0.4 is 11.1 Å². The van der Waals surface area contributed by atoms with Gasteiger partial charge in [0.15, 0.2) is 0 Å². The summed E-state index contributed by atoms with van der Waals surface area (Å²) in [6.07, 6.45) is 2.12. The highest BCUT2D eigenvalue weighted by Crippen LogP contribution is 2.15. The minimum atomic E-state index is -1.22. The summed E-state index contributed by atoms with van der Waals surface area (Å²) in [5, 5.41) is 11.7. The van der Waals surface area contributed by atoms with E-state index in [0.717, 1.165) is 5.56 Å². The maximum atomic E-state index is 12.6. The Morgan fingerprint density at radius 3 is 2.67 bits per heavy atom. The number of pyridine rings is 1. The third-order valence-corrected chi connectivity index (χ3v) is 3.67. The fourth-order valence-electron chi connectivity index (χ4n) is 2.46. The number of hydrogen-bond acceptors (Lipinski definition) is 4. The molecule has 2 rings (SSSR count). The lowest BCUT2D eigenvalue weighted by Crippen LogP contribution is -2.42. The number of carbonyl (C=O) groups excluding carboxylic acids is 2. The Morgan fingerprint density at radius 2 is 2.08 bits per heavy atom. The average Bonchev–Trinajstić information content (AvgIpc) is 2.88. The Hall–Kier alpha value is -2.90. The van der Waals surface area contributed by atoms with Gasteiger partial charge in [-0.2, -0.15) is 0 Å². The van der Waals surface area contributed by atoms with Gasteiger partial charge in [-0.3, -0.25) is 14.0 Å². The van der Waals surface area contributed by atoms with E-state index >= 15 is 0 Å². The van der Waals surface area contributed by atoms with Crippen LogP contribution >= 0.6 is 0 Å². The largest absolute Gasteiger partial charge is 0.480 e. The first-order chi connectivity index (χ1) is 11.3. The number of aliphatic carboxylic acids is 1. The van der Waals surface area contributed by atoms with Crippen LogP contribution in [-0.2, 0) is 16.0 Å². The van der Waals surface area contributed by atoms with E-state index in [1.807, 2.05) is 19.9 Å². The highest BCUT2D eigenvalue weighted by Gasteiger charge is 2.25. The standard InChI is InChI=1S/C16H20N4O4/c1-3-10-14(20-8-9(2)4-7-13(20)18-10)15(22)19-11(16(23)24)5-6-12(17)21/h4,7-8,11H,3,5-6H2,1-2H3,(H2,17,21)(H,19,22)(H,23,24). The smallest absolute Gasteiger partial charge is 0.326 e. The number of amides is 2. The molecule has 24 heavy (non-hydrogen) atoms. The molecule has 0 bridgehead atoms. The van der Waals surface area contributed by atoms with Gasteiger partial charge in [0.2, 0.25) is 5.91 Å². The molecule has 0 aliphatic carbocycles. The first-order valence-corrected chi connectivity index (χ1v) is 7.63. The zero-order chi connectivity index (χ0) is 17.9. The third kappa shape index (κ3) is 3.70. The SMILES string of the molecule is CCc1nc2ccc(C)cn2c1C(=O)NC(CCC(N)=O)C(=O)O.